The quantitative estimate of drug-likeness (QED) is 0.582. The highest BCUT2D eigenvalue weighted by Crippen LogP contribution is 2.54. The van der Waals surface area contributed by atoms with Crippen LogP contribution in [0.3, 0.4) is 0 Å². The van der Waals surface area contributed by atoms with Crippen LogP contribution in [0.25, 0.3) is 0 Å². The molecule has 0 N–H and O–H groups in total. The first-order valence-electron chi connectivity index (χ1n) is 4.46. The zero-order chi connectivity index (χ0) is 7.61. The zero-order valence-electron chi connectivity index (χ0n) is 7.52. The molecule has 0 bridgehead atoms. The van der Waals surface area contributed by atoms with E-state index in [1.54, 1.807) is 11.5 Å². The molecular weight excluding hydrogens is 140 g/mol. The summed E-state index contributed by atoms with van der Waals surface area (Å²) in [4.78, 5) is 0. The highest BCUT2D eigenvalue weighted by molar-refractivity contribution is 8.33. The predicted molar refractivity (Wildman–Crippen MR) is 52.2 cm³/mol. The average molecular weight is 160 g/mol. The Morgan fingerprint density at radius 3 is 2.10 bits per heavy atom. The maximum Gasteiger partial charge on any atom is -0.0202 e. The second-order valence-electron chi connectivity index (χ2n) is 3.57. The van der Waals surface area contributed by atoms with E-state index >= 15 is 0 Å². The molecule has 0 aromatic rings. The third-order valence-corrected chi connectivity index (χ3v) is 7.73. The fraction of sp³-hybridized carbons (Fsp3) is 1.00. The molecule has 1 saturated heterocycles. The first-order chi connectivity index (χ1) is 4.72. The number of hydrogen-bond acceptors (Lipinski definition) is 0. The lowest BCUT2D eigenvalue weighted by Crippen LogP contribution is -2.08. The molecule has 0 saturated carbocycles. The Labute approximate surface area is 66.7 Å². The first-order valence-corrected chi connectivity index (χ1v) is 6.77. The Kier molecular flexibility index (Phi) is 2.67. The van der Waals surface area contributed by atoms with Gasteiger partial charge in [0.15, 0.2) is 0 Å². The van der Waals surface area contributed by atoms with Crippen LogP contribution in [0.1, 0.15) is 27.2 Å². The van der Waals surface area contributed by atoms with Crippen molar-refractivity contribution in [1.82, 2.24) is 0 Å². The van der Waals surface area contributed by atoms with Gasteiger partial charge in [-0.05, 0) is 35.4 Å². The van der Waals surface area contributed by atoms with Crippen molar-refractivity contribution < 1.29 is 0 Å². The topological polar surface area (TPSA) is 0 Å². The highest BCUT2D eigenvalue weighted by Gasteiger charge is 2.28. The summed E-state index contributed by atoms with van der Waals surface area (Å²) < 4.78 is 0. The van der Waals surface area contributed by atoms with Gasteiger partial charge in [0, 0.05) is 0 Å². The lowest BCUT2D eigenvalue weighted by Gasteiger charge is -2.33. The van der Waals surface area contributed by atoms with Crippen LogP contribution < -0.4 is 0 Å². The predicted octanol–water partition coefficient (Wildman–Crippen LogP) is 2.87. The van der Waals surface area contributed by atoms with Crippen molar-refractivity contribution in [2.24, 2.45) is 5.92 Å². The maximum absolute atomic E-state index is 2.42. The van der Waals surface area contributed by atoms with Crippen LogP contribution in [0, 0.1) is 5.92 Å². The van der Waals surface area contributed by atoms with Gasteiger partial charge in [0.05, 0.1) is 0 Å². The van der Waals surface area contributed by atoms with Crippen LogP contribution >= 0.6 is 10.0 Å². The van der Waals surface area contributed by atoms with E-state index in [9.17, 15) is 0 Å². The van der Waals surface area contributed by atoms with Gasteiger partial charge in [-0.25, -0.2) is 10.0 Å². The molecule has 1 heteroatoms. The zero-order valence-corrected chi connectivity index (χ0v) is 8.34. The molecular formula is C9H20S. The van der Waals surface area contributed by atoms with Crippen molar-refractivity contribution in [3.8, 4) is 0 Å². The summed E-state index contributed by atoms with van der Waals surface area (Å²) in [5.41, 5.74) is 0. The van der Waals surface area contributed by atoms with Gasteiger partial charge < -0.3 is 0 Å². The molecule has 0 amide bonds. The Morgan fingerprint density at radius 1 is 1.30 bits per heavy atom. The van der Waals surface area contributed by atoms with Gasteiger partial charge >= 0.3 is 0 Å². The molecule has 62 valence electrons. The van der Waals surface area contributed by atoms with Gasteiger partial charge in [0.2, 0.25) is 0 Å². The molecule has 1 unspecified atom stereocenters. The summed E-state index contributed by atoms with van der Waals surface area (Å²) >= 11 is 0. The molecule has 1 fully saturated rings. The number of rotatable bonds is 2. The molecule has 1 heterocycles. The average Bonchev–Trinajstić information content (AvgIpc) is 2.33. The van der Waals surface area contributed by atoms with E-state index in [0.717, 1.165) is 5.92 Å². The van der Waals surface area contributed by atoms with Gasteiger partial charge in [-0.2, -0.15) is 0 Å². The SMILES string of the molecule is CCS1(CC)CCC(C)C1. The van der Waals surface area contributed by atoms with Crippen LogP contribution in [-0.2, 0) is 0 Å². The van der Waals surface area contributed by atoms with E-state index in [1.165, 1.54) is 17.9 Å². The lowest BCUT2D eigenvalue weighted by atomic mass is 10.2. The first kappa shape index (κ1) is 8.45. The Hall–Kier alpha value is 0.350. The maximum atomic E-state index is 2.42. The van der Waals surface area contributed by atoms with Crippen LogP contribution in [0.2, 0.25) is 0 Å². The summed E-state index contributed by atoms with van der Waals surface area (Å²) in [7, 11) is -0.0862. The molecule has 0 aromatic heterocycles. The largest absolute Gasteiger partial charge is 0.241 e. The van der Waals surface area contributed by atoms with Crippen molar-refractivity contribution in [2.75, 3.05) is 23.0 Å². The molecule has 0 aliphatic carbocycles. The van der Waals surface area contributed by atoms with E-state index in [1.807, 2.05) is 0 Å². The summed E-state index contributed by atoms with van der Waals surface area (Å²) in [5, 5.41) is 0. The van der Waals surface area contributed by atoms with Crippen LogP contribution in [0.4, 0.5) is 0 Å². The lowest BCUT2D eigenvalue weighted by molar-refractivity contribution is 0.669. The van der Waals surface area contributed by atoms with E-state index in [4.69, 9.17) is 0 Å². The summed E-state index contributed by atoms with van der Waals surface area (Å²) in [6.45, 7) is 7.19. The van der Waals surface area contributed by atoms with Gasteiger partial charge in [-0.3, -0.25) is 0 Å². The van der Waals surface area contributed by atoms with Crippen molar-refractivity contribution in [3.05, 3.63) is 0 Å². The second-order valence-corrected chi connectivity index (χ2v) is 7.91. The standard InChI is InChI=1S/C9H20S/c1-4-10(5-2)7-6-9(3)8-10/h9H,4-8H2,1-3H3. The molecule has 1 aliphatic heterocycles. The molecule has 0 spiro atoms. The van der Waals surface area contributed by atoms with Crippen molar-refractivity contribution in [2.45, 2.75) is 27.2 Å². The van der Waals surface area contributed by atoms with Gasteiger partial charge in [0.1, 0.15) is 0 Å². The highest BCUT2D eigenvalue weighted by atomic mass is 32.3. The fourth-order valence-corrected chi connectivity index (χ4v) is 5.85. The summed E-state index contributed by atoms with van der Waals surface area (Å²) in [6.07, 6.45) is 1.51. The normalized spacial score (nSPS) is 34.1. The van der Waals surface area contributed by atoms with Crippen LogP contribution in [-0.4, -0.2) is 23.0 Å². The smallest absolute Gasteiger partial charge is 0.0202 e. The second kappa shape index (κ2) is 3.17. The summed E-state index contributed by atoms with van der Waals surface area (Å²) in [5.74, 6) is 7.14. The molecule has 10 heavy (non-hydrogen) atoms. The van der Waals surface area contributed by atoms with Crippen molar-refractivity contribution >= 4 is 10.0 Å². The molecule has 1 aliphatic rings. The minimum Gasteiger partial charge on any atom is -0.241 e. The molecule has 1 atom stereocenters. The van der Waals surface area contributed by atoms with Gasteiger partial charge in [-0.1, -0.05) is 20.8 Å². The third kappa shape index (κ3) is 1.50. The third-order valence-electron chi connectivity index (χ3n) is 2.91. The van der Waals surface area contributed by atoms with Gasteiger partial charge in [-0.15, -0.1) is 0 Å². The monoisotopic (exact) mass is 160 g/mol. The molecule has 0 radical (unpaired) electrons. The Balaban J connectivity index is 2.51. The molecule has 1 rings (SSSR count). The number of hydrogen-bond donors (Lipinski definition) is 0. The minimum atomic E-state index is -0.0862. The van der Waals surface area contributed by atoms with E-state index in [2.05, 4.69) is 20.8 Å². The minimum absolute atomic E-state index is 0.0862. The summed E-state index contributed by atoms with van der Waals surface area (Å²) in [6, 6.07) is 0. The molecule has 0 aromatic carbocycles. The van der Waals surface area contributed by atoms with E-state index in [0.29, 0.717) is 0 Å². The Bertz CT molecular complexity index is 105. The fourth-order valence-electron chi connectivity index (χ4n) is 1.95. The van der Waals surface area contributed by atoms with Gasteiger partial charge in [0.25, 0.3) is 0 Å². The van der Waals surface area contributed by atoms with E-state index < -0.39 is 0 Å². The van der Waals surface area contributed by atoms with Crippen LogP contribution in [0.15, 0.2) is 0 Å². The van der Waals surface area contributed by atoms with Crippen molar-refractivity contribution in [1.29, 1.82) is 0 Å². The Morgan fingerprint density at radius 2 is 1.90 bits per heavy atom. The van der Waals surface area contributed by atoms with Crippen molar-refractivity contribution in [3.63, 3.8) is 0 Å². The molecule has 0 nitrogen and oxygen atoms in total. The van der Waals surface area contributed by atoms with E-state index in [-0.39, 0.29) is 10.0 Å². The van der Waals surface area contributed by atoms with Crippen LogP contribution in [0.5, 0.6) is 0 Å².